The molecule has 1 aromatic carbocycles. The Hall–Kier alpha value is -2.14. The van der Waals surface area contributed by atoms with Gasteiger partial charge in [-0.25, -0.2) is 4.98 Å². The van der Waals surface area contributed by atoms with Gasteiger partial charge in [0, 0.05) is 38.5 Å². The van der Waals surface area contributed by atoms with Crippen LogP contribution in [0.4, 0.5) is 0 Å². The minimum absolute atomic E-state index is 0.00369. The van der Waals surface area contributed by atoms with Gasteiger partial charge in [-0.2, -0.15) is 0 Å². The largest absolute Gasteiger partial charge is 0.372 e. The summed E-state index contributed by atoms with van der Waals surface area (Å²) in [5.41, 5.74) is 1.17. The minimum atomic E-state index is -0.00369. The first-order chi connectivity index (χ1) is 13.7. The number of unbranched alkanes of at least 4 members (excludes halogenated alkanes) is 1. The number of nitrogens with zero attached hydrogens (tertiary/aromatic N) is 3. The topological polar surface area (TPSA) is 47.4 Å². The molecule has 1 unspecified atom stereocenters. The Morgan fingerprint density at radius 3 is 2.71 bits per heavy atom. The van der Waals surface area contributed by atoms with E-state index in [1.165, 1.54) is 37.7 Å². The van der Waals surface area contributed by atoms with Gasteiger partial charge in [0.25, 0.3) is 0 Å². The molecule has 1 saturated carbocycles. The average molecular weight is 384 g/mol. The van der Waals surface area contributed by atoms with Crippen LogP contribution in [0.25, 0.3) is 0 Å². The third-order valence-corrected chi connectivity index (χ3v) is 5.73. The molecule has 28 heavy (non-hydrogen) atoms. The maximum Gasteiger partial charge on any atom is 0.222 e. The second kappa shape index (κ2) is 11.0. The minimum Gasteiger partial charge on any atom is -0.372 e. The molecule has 5 nitrogen and oxygen atoms in total. The predicted octanol–water partition coefficient (Wildman–Crippen LogP) is 4.60. The molecule has 1 atom stereocenters. The lowest BCUT2D eigenvalue weighted by molar-refractivity contribution is -0.132. The lowest BCUT2D eigenvalue weighted by Crippen LogP contribution is -2.38. The van der Waals surface area contributed by atoms with Crippen LogP contribution in [0.1, 0.15) is 63.0 Å². The summed E-state index contributed by atoms with van der Waals surface area (Å²) in [6, 6.07) is 10.8. The van der Waals surface area contributed by atoms with Crippen LogP contribution in [-0.2, 0) is 16.1 Å². The number of benzene rings is 1. The van der Waals surface area contributed by atoms with Crippen molar-refractivity contribution in [1.82, 2.24) is 14.5 Å². The van der Waals surface area contributed by atoms with E-state index in [4.69, 9.17) is 4.74 Å². The van der Waals surface area contributed by atoms with E-state index in [1.807, 2.05) is 47.2 Å². The Morgan fingerprint density at radius 1 is 1.21 bits per heavy atom. The molecule has 1 aliphatic carbocycles. The van der Waals surface area contributed by atoms with E-state index in [-0.39, 0.29) is 12.0 Å². The maximum atomic E-state index is 12.4. The van der Waals surface area contributed by atoms with E-state index in [1.54, 1.807) is 6.20 Å². The molecule has 1 amide bonds. The quantitative estimate of drug-likeness (QED) is 0.563. The Kier molecular flexibility index (Phi) is 8.09. The van der Waals surface area contributed by atoms with Gasteiger partial charge in [-0.1, -0.05) is 49.6 Å². The molecular weight excluding hydrogens is 350 g/mol. The Morgan fingerprint density at radius 2 is 2.00 bits per heavy atom. The molecule has 0 spiro atoms. The number of hydrogen-bond donors (Lipinski definition) is 0. The number of rotatable bonds is 10. The van der Waals surface area contributed by atoms with E-state index in [2.05, 4.69) is 17.1 Å². The third-order valence-electron chi connectivity index (χ3n) is 5.73. The molecule has 2 aromatic rings. The zero-order chi connectivity index (χ0) is 19.6. The Labute approximate surface area is 168 Å². The van der Waals surface area contributed by atoms with Gasteiger partial charge in [0.2, 0.25) is 5.91 Å². The Balaban J connectivity index is 1.41. The first-order valence-electron chi connectivity index (χ1n) is 10.6. The van der Waals surface area contributed by atoms with Crippen LogP contribution >= 0.6 is 0 Å². The van der Waals surface area contributed by atoms with E-state index in [0.717, 1.165) is 19.4 Å². The van der Waals surface area contributed by atoms with Crippen LogP contribution in [0, 0.1) is 0 Å². The smallest absolute Gasteiger partial charge is 0.222 e. The van der Waals surface area contributed by atoms with E-state index in [0.29, 0.717) is 19.1 Å². The van der Waals surface area contributed by atoms with Crippen molar-refractivity contribution in [3.63, 3.8) is 0 Å². The fourth-order valence-electron chi connectivity index (χ4n) is 3.96. The summed E-state index contributed by atoms with van der Waals surface area (Å²) < 4.78 is 8.23. The number of carbonyl (C=O) groups excluding carboxylic acids is 1. The molecule has 152 valence electrons. The van der Waals surface area contributed by atoms with Crippen molar-refractivity contribution < 1.29 is 9.53 Å². The summed E-state index contributed by atoms with van der Waals surface area (Å²) in [7, 11) is 1.98. The first kappa shape index (κ1) is 20.6. The van der Waals surface area contributed by atoms with Crippen molar-refractivity contribution in [3.05, 3.63) is 54.6 Å². The number of ether oxygens (including phenoxy) is 1. The average Bonchev–Trinajstić information content (AvgIpc) is 3.26. The fourth-order valence-corrected chi connectivity index (χ4v) is 3.96. The third kappa shape index (κ3) is 6.20. The molecule has 5 heteroatoms. The van der Waals surface area contributed by atoms with Crippen LogP contribution in [0.2, 0.25) is 0 Å². The van der Waals surface area contributed by atoms with Crippen LogP contribution in [0.5, 0.6) is 0 Å². The summed E-state index contributed by atoms with van der Waals surface area (Å²) in [6.45, 7) is 1.40. The lowest BCUT2D eigenvalue weighted by atomic mass is 9.94. The van der Waals surface area contributed by atoms with Crippen molar-refractivity contribution in [2.75, 3.05) is 13.7 Å². The van der Waals surface area contributed by atoms with Gasteiger partial charge in [-0.15, -0.1) is 0 Å². The summed E-state index contributed by atoms with van der Waals surface area (Å²) in [5.74, 6) is 0.282. The molecule has 1 aliphatic rings. The summed E-state index contributed by atoms with van der Waals surface area (Å²) >= 11 is 0. The molecule has 0 N–H and O–H groups in total. The molecule has 1 heterocycles. The van der Waals surface area contributed by atoms with Gasteiger partial charge in [0.1, 0.15) is 6.10 Å². The van der Waals surface area contributed by atoms with E-state index in [9.17, 15) is 4.79 Å². The van der Waals surface area contributed by atoms with Crippen LogP contribution in [0.3, 0.4) is 0 Å². The number of aromatic nitrogens is 2. The van der Waals surface area contributed by atoms with Gasteiger partial charge in [-0.05, 0) is 31.2 Å². The highest BCUT2D eigenvalue weighted by molar-refractivity contribution is 5.76. The van der Waals surface area contributed by atoms with Crippen molar-refractivity contribution in [3.8, 4) is 0 Å². The second-order valence-corrected chi connectivity index (χ2v) is 7.78. The van der Waals surface area contributed by atoms with Crippen molar-refractivity contribution >= 4 is 5.91 Å². The lowest BCUT2D eigenvalue weighted by Gasteiger charge is -2.31. The Bertz CT molecular complexity index is 681. The number of carbonyl (C=O) groups is 1. The molecule has 3 rings (SSSR count). The van der Waals surface area contributed by atoms with Gasteiger partial charge in [0.15, 0.2) is 0 Å². The van der Waals surface area contributed by atoms with Crippen molar-refractivity contribution in [2.24, 2.45) is 0 Å². The van der Waals surface area contributed by atoms with E-state index >= 15 is 0 Å². The van der Waals surface area contributed by atoms with Crippen LogP contribution < -0.4 is 0 Å². The first-order valence-corrected chi connectivity index (χ1v) is 10.6. The summed E-state index contributed by atoms with van der Waals surface area (Å²) in [6.07, 6.45) is 14.1. The highest BCUT2D eigenvalue weighted by atomic mass is 16.5. The molecule has 0 aliphatic heterocycles. The molecule has 0 saturated heterocycles. The highest BCUT2D eigenvalue weighted by Crippen LogP contribution is 2.23. The van der Waals surface area contributed by atoms with E-state index < -0.39 is 0 Å². The molecule has 1 fully saturated rings. The monoisotopic (exact) mass is 383 g/mol. The molecule has 0 bridgehead atoms. The standard InChI is InChI=1S/C23H33N3O2/c1-25(21-12-6-3-7-13-21)23(27)14-8-9-17-28-22(18-26-16-15-24-19-26)20-10-4-2-5-11-20/h2,4-5,10-11,15-16,19,21-22H,3,6-9,12-14,17-18H2,1H3. The maximum absolute atomic E-state index is 12.4. The number of hydrogen-bond acceptors (Lipinski definition) is 3. The normalized spacial score (nSPS) is 16.0. The fraction of sp³-hybridized carbons (Fsp3) is 0.565. The zero-order valence-corrected chi connectivity index (χ0v) is 17.0. The highest BCUT2D eigenvalue weighted by Gasteiger charge is 2.21. The van der Waals surface area contributed by atoms with Gasteiger partial charge in [-0.3, -0.25) is 4.79 Å². The van der Waals surface area contributed by atoms with Crippen LogP contribution in [0.15, 0.2) is 49.1 Å². The van der Waals surface area contributed by atoms with Gasteiger partial charge in [0.05, 0.1) is 12.9 Å². The molecule has 0 radical (unpaired) electrons. The van der Waals surface area contributed by atoms with Crippen molar-refractivity contribution in [2.45, 2.75) is 70.1 Å². The number of imidazole rings is 1. The summed E-state index contributed by atoms with van der Waals surface area (Å²) in [4.78, 5) is 18.6. The predicted molar refractivity (Wildman–Crippen MR) is 111 cm³/mol. The molecular formula is C23H33N3O2. The SMILES string of the molecule is CN(C(=O)CCCCOC(Cn1ccnc1)c1ccccc1)C1CCCCC1. The zero-order valence-electron chi connectivity index (χ0n) is 17.0. The molecule has 1 aromatic heterocycles. The second-order valence-electron chi connectivity index (χ2n) is 7.78. The number of amides is 1. The van der Waals surface area contributed by atoms with Crippen LogP contribution in [-0.4, -0.2) is 40.1 Å². The van der Waals surface area contributed by atoms with Gasteiger partial charge >= 0.3 is 0 Å². The van der Waals surface area contributed by atoms with Crippen molar-refractivity contribution in [1.29, 1.82) is 0 Å². The van der Waals surface area contributed by atoms with Gasteiger partial charge < -0.3 is 14.2 Å². The summed E-state index contributed by atoms with van der Waals surface area (Å²) in [5, 5.41) is 0.